The highest BCUT2D eigenvalue weighted by molar-refractivity contribution is 7.14. The van der Waals surface area contributed by atoms with Crippen molar-refractivity contribution in [1.82, 2.24) is 9.88 Å². The van der Waals surface area contributed by atoms with Crippen LogP contribution in [0, 0.1) is 12.3 Å². The van der Waals surface area contributed by atoms with Crippen LogP contribution in [0.2, 0.25) is 5.02 Å². The van der Waals surface area contributed by atoms with E-state index in [1.165, 1.54) is 11.3 Å². The first kappa shape index (κ1) is 17.0. The fraction of sp³-hybridized carbons (Fsp3) is 0.333. The third kappa shape index (κ3) is 3.96. The first-order valence-corrected chi connectivity index (χ1v) is 9.13. The largest absolute Gasteiger partial charge is 0.301 e. The van der Waals surface area contributed by atoms with E-state index in [1.807, 2.05) is 29.6 Å². The number of halogens is 1. The van der Waals surface area contributed by atoms with E-state index < -0.39 is 0 Å². The van der Waals surface area contributed by atoms with Gasteiger partial charge in [0.15, 0.2) is 5.13 Å². The first-order chi connectivity index (χ1) is 11.7. The maximum atomic E-state index is 12.6. The van der Waals surface area contributed by atoms with Gasteiger partial charge in [0.2, 0.25) is 5.91 Å². The Bertz CT molecular complexity index is 750. The van der Waals surface area contributed by atoms with Crippen molar-refractivity contribution in [2.45, 2.75) is 25.3 Å². The zero-order valence-electron chi connectivity index (χ0n) is 13.2. The molecule has 1 N–H and O–H groups in total. The Morgan fingerprint density at radius 1 is 1.42 bits per heavy atom. The number of aromatic nitrogens is 1. The van der Waals surface area contributed by atoms with Gasteiger partial charge in [-0.3, -0.25) is 9.69 Å². The second-order valence-electron chi connectivity index (χ2n) is 5.72. The number of terminal acetylenes is 1. The average Bonchev–Trinajstić information content (AvgIpc) is 3.05. The van der Waals surface area contributed by atoms with E-state index in [2.05, 4.69) is 21.1 Å². The molecule has 0 spiro atoms. The summed E-state index contributed by atoms with van der Waals surface area (Å²) in [6.45, 7) is 1.38. The van der Waals surface area contributed by atoms with Gasteiger partial charge in [-0.2, -0.15) is 0 Å². The predicted molar refractivity (Wildman–Crippen MR) is 99.2 cm³/mol. The van der Waals surface area contributed by atoms with Gasteiger partial charge in [-0.15, -0.1) is 17.8 Å². The third-order valence-corrected chi connectivity index (χ3v) is 5.09. The topological polar surface area (TPSA) is 45.2 Å². The predicted octanol–water partition coefficient (Wildman–Crippen LogP) is 3.89. The van der Waals surface area contributed by atoms with Crippen LogP contribution in [0.3, 0.4) is 0 Å². The highest BCUT2D eigenvalue weighted by Crippen LogP contribution is 2.27. The summed E-state index contributed by atoms with van der Waals surface area (Å²) in [6.07, 6.45) is 8.38. The molecule has 0 bridgehead atoms. The lowest BCUT2D eigenvalue weighted by atomic mass is 10.0. The number of hydrogen-bond acceptors (Lipinski definition) is 4. The van der Waals surface area contributed by atoms with Crippen molar-refractivity contribution in [2.75, 3.05) is 18.4 Å². The number of amides is 1. The number of rotatable bonds is 4. The Kier molecular flexibility index (Phi) is 5.52. The Morgan fingerprint density at radius 3 is 2.96 bits per heavy atom. The third-order valence-electron chi connectivity index (χ3n) is 4.08. The molecule has 1 amide bonds. The molecule has 1 aliphatic heterocycles. The van der Waals surface area contributed by atoms with E-state index in [4.69, 9.17) is 18.0 Å². The number of hydrogen-bond donors (Lipinski definition) is 1. The number of nitrogens with one attached hydrogen (secondary N) is 1. The van der Waals surface area contributed by atoms with E-state index in [0.29, 0.717) is 16.7 Å². The van der Waals surface area contributed by atoms with Gasteiger partial charge in [0.25, 0.3) is 0 Å². The van der Waals surface area contributed by atoms with Crippen molar-refractivity contribution in [3.8, 4) is 23.6 Å². The van der Waals surface area contributed by atoms with Gasteiger partial charge in [0, 0.05) is 16.0 Å². The lowest BCUT2D eigenvalue weighted by Gasteiger charge is -2.32. The van der Waals surface area contributed by atoms with Crippen LogP contribution >= 0.6 is 22.9 Å². The zero-order valence-corrected chi connectivity index (χ0v) is 14.7. The summed E-state index contributed by atoms with van der Waals surface area (Å²) in [5.74, 6) is 2.61. The maximum absolute atomic E-state index is 12.6. The van der Waals surface area contributed by atoms with Gasteiger partial charge in [0.05, 0.1) is 18.3 Å². The van der Waals surface area contributed by atoms with Crippen LogP contribution in [0.4, 0.5) is 5.13 Å². The Balaban J connectivity index is 1.68. The van der Waals surface area contributed by atoms with Crippen LogP contribution in [0.25, 0.3) is 11.3 Å². The monoisotopic (exact) mass is 359 g/mol. The van der Waals surface area contributed by atoms with E-state index in [-0.39, 0.29) is 11.9 Å². The standard InChI is InChI=1S/C18H18ClN3OS/c1-2-10-22-11-4-3-5-16(22)17(23)21-18-20-15(12-24-18)13-6-8-14(19)9-7-13/h1,6-9,12,16H,3-5,10-11H2,(H,20,21,23). The van der Waals surface area contributed by atoms with E-state index in [9.17, 15) is 4.79 Å². The fourth-order valence-electron chi connectivity index (χ4n) is 2.87. The summed E-state index contributed by atoms with van der Waals surface area (Å²) in [5, 5.41) is 6.16. The lowest BCUT2D eigenvalue weighted by Crippen LogP contribution is -2.47. The molecular formula is C18H18ClN3OS. The van der Waals surface area contributed by atoms with Crippen LogP contribution in [-0.4, -0.2) is 34.9 Å². The van der Waals surface area contributed by atoms with Crippen LogP contribution in [0.5, 0.6) is 0 Å². The normalized spacial score (nSPS) is 18.1. The molecule has 124 valence electrons. The number of anilines is 1. The van der Waals surface area contributed by atoms with Gasteiger partial charge in [0.1, 0.15) is 0 Å². The number of likely N-dealkylation sites (tertiary alicyclic amines) is 1. The minimum absolute atomic E-state index is 0.0260. The van der Waals surface area contributed by atoms with Crippen molar-refractivity contribution in [1.29, 1.82) is 0 Å². The summed E-state index contributed by atoms with van der Waals surface area (Å²) in [4.78, 5) is 19.1. The molecule has 1 fully saturated rings. The molecule has 2 aromatic rings. The summed E-state index contributed by atoms with van der Waals surface area (Å²) >= 11 is 7.33. The van der Waals surface area contributed by atoms with Crippen LogP contribution < -0.4 is 5.32 Å². The Hall–Kier alpha value is -1.87. The van der Waals surface area contributed by atoms with Crippen molar-refractivity contribution < 1.29 is 4.79 Å². The van der Waals surface area contributed by atoms with Gasteiger partial charge < -0.3 is 5.32 Å². The van der Waals surface area contributed by atoms with E-state index in [1.54, 1.807) is 0 Å². The second kappa shape index (κ2) is 7.80. The van der Waals surface area contributed by atoms with Crippen LogP contribution in [-0.2, 0) is 4.79 Å². The number of nitrogens with zero attached hydrogens (tertiary/aromatic N) is 2. The second-order valence-corrected chi connectivity index (χ2v) is 7.01. The Labute approximate surface area is 150 Å². The number of carbonyl (C=O) groups excluding carboxylic acids is 1. The van der Waals surface area contributed by atoms with E-state index >= 15 is 0 Å². The van der Waals surface area contributed by atoms with Crippen molar-refractivity contribution in [3.63, 3.8) is 0 Å². The Morgan fingerprint density at radius 2 is 2.21 bits per heavy atom. The molecule has 0 radical (unpaired) electrons. The van der Waals surface area contributed by atoms with Gasteiger partial charge in [-0.25, -0.2) is 4.98 Å². The highest BCUT2D eigenvalue weighted by atomic mass is 35.5. The minimum atomic E-state index is -0.169. The lowest BCUT2D eigenvalue weighted by molar-refractivity contribution is -0.122. The average molecular weight is 360 g/mol. The molecule has 1 aromatic heterocycles. The van der Waals surface area contributed by atoms with E-state index in [0.717, 1.165) is 37.1 Å². The molecule has 1 aliphatic rings. The van der Waals surface area contributed by atoms with Crippen molar-refractivity contribution in [3.05, 3.63) is 34.7 Å². The molecule has 4 nitrogen and oxygen atoms in total. The maximum Gasteiger partial charge on any atom is 0.243 e. The van der Waals surface area contributed by atoms with Gasteiger partial charge in [-0.05, 0) is 31.5 Å². The van der Waals surface area contributed by atoms with Crippen LogP contribution in [0.15, 0.2) is 29.6 Å². The zero-order chi connectivity index (χ0) is 16.9. The van der Waals surface area contributed by atoms with Crippen LogP contribution in [0.1, 0.15) is 19.3 Å². The number of carbonyl (C=O) groups is 1. The molecule has 1 aromatic carbocycles. The smallest absolute Gasteiger partial charge is 0.243 e. The van der Waals surface area contributed by atoms with Crippen molar-refractivity contribution in [2.24, 2.45) is 0 Å². The molecule has 1 saturated heterocycles. The summed E-state index contributed by atoms with van der Waals surface area (Å²) in [6, 6.07) is 7.32. The molecular weight excluding hydrogens is 342 g/mol. The summed E-state index contributed by atoms with van der Waals surface area (Å²) < 4.78 is 0. The van der Waals surface area contributed by atoms with Crippen molar-refractivity contribution >= 4 is 34.0 Å². The molecule has 1 unspecified atom stereocenters. The fourth-order valence-corrected chi connectivity index (χ4v) is 3.72. The number of piperidine rings is 1. The highest BCUT2D eigenvalue weighted by Gasteiger charge is 2.28. The van der Waals surface area contributed by atoms with Gasteiger partial charge in [-0.1, -0.05) is 36.1 Å². The summed E-state index contributed by atoms with van der Waals surface area (Å²) in [5.41, 5.74) is 1.80. The SMILES string of the molecule is C#CCN1CCCCC1C(=O)Nc1nc(-c2ccc(Cl)cc2)cs1. The molecule has 1 atom stereocenters. The summed E-state index contributed by atoms with van der Waals surface area (Å²) in [7, 11) is 0. The number of benzene rings is 1. The molecule has 6 heteroatoms. The molecule has 3 rings (SSSR count). The number of thiazole rings is 1. The minimum Gasteiger partial charge on any atom is -0.301 e. The first-order valence-electron chi connectivity index (χ1n) is 7.87. The quantitative estimate of drug-likeness (QED) is 0.842. The molecule has 0 aliphatic carbocycles. The molecule has 2 heterocycles. The van der Waals surface area contributed by atoms with Gasteiger partial charge >= 0.3 is 0 Å². The molecule has 0 saturated carbocycles. The molecule has 24 heavy (non-hydrogen) atoms.